The van der Waals surface area contributed by atoms with E-state index in [1.54, 1.807) is 48.5 Å². The average molecular weight is 478 g/mol. The van der Waals surface area contributed by atoms with Crippen LogP contribution in [0, 0.1) is 15.5 Å². The van der Waals surface area contributed by atoms with Gasteiger partial charge >= 0.3 is 0 Å². The molecule has 162 valence electrons. The fourth-order valence-electron chi connectivity index (χ4n) is 3.29. The van der Waals surface area contributed by atoms with Crippen molar-refractivity contribution in [1.82, 2.24) is 5.01 Å². The molecule has 3 aromatic rings. The van der Waals surface area contributed by atoms with Crippen molar-refractivity contribution in [3.63, 3.8) is 0 Å². The van der Waals surface area contributed by atoms with E-state index >= 15 is 0 Å². The van der Waals surface area contributed by atoms with E-state index in [-0.39, 0.29) is 33.8 Å². The van der Waals surface area contributed by atoms with Crippen LogP contribution in [0.25, 0.3) is 17.4 Å². The van der Waals surface area contributed by atoms with Gasteiger partial charge in [-0.15, -0.1) is 0 Å². The minimum atomic E-state index is -0.613. The number of para-hydroxylation sites is 1. The molecule has 0 atom stereocenters. The smallest absolute Gasteiger partial charge is 0.283 e. The van der Waals surface area contributed by atoms with Gasteiger partial charge in [-0.2, -0.15) is 15.1 Å². The molecule has 0 aliphatic carbocycles. The number of amidine groups is 2. The van der Waals surface area contributed by atoms with E-state index in [1.807, 2.05) is 6.07 Å². The van der Waals surface area contributed by atoms with Gasteiger partial charge in [0.25, 0.3) is 11.6 Å². The molecule has 5 rings (SSSR count). The summed E-state index contributed by atoms with van der Waals surface area (Å²) in [6, 6.07) is 16.5. The maximum absolute atomic E-state index is 12.6. The van der Waals surface area contributed by atoms with Crippen molar-refractivity contribution < 1.29 is 14.1 Å². The molecule has 2 aliphatic rings. The number of nitro benzene ring substituents is 1. The first-order valence-corrected chi connectivity index (χ1v) is 10.7. The van der Waals surface area contributed by atoms with Crippen LogP contribution < -0.4 is 0 Å². The summed E-state index contributed by atoms with van der Waals surface area (Å²) in [6.07, 6.45) is 1.37. The molecule has 0 radical (unpaired) electrons. The lowest BCUT2D eigenvalue weighted by Crippen LogP contribution is -2.35. The monoisotopic (exact) mass is 477 g/mol. The zero-order valence-electron chi connectivity index (χ0n) is 16.6. The number of thioether (sulfide) groups is 1. The molecular formula is C22H12ClN5O4S. The van der Waals surface area contributed by atoms with Crippen LogP contribution in [0.4, 0.5) is 5.69 Å². The molecule has 11 heteroatoms. The van der Waals surface area contributed by atoms with E-state index in [2.05, 4.69) is 10.1 Å². The molecule has 0 unspecified atom stereocenters. The van der Waals surface area contributed by atoms with Crippen LogP contribution in [0.2, 0.25) is 5.02 Å². The molecule has 0 saturated carbocycles. The number of carbonyl (C=O) groups is 1. The molecular weight excluding hydrogens is 466 g/mol. The Hall–Kier alpha value is -4.02. The maximum Gasteiger partial charge on any atom is 0.283 e. The van der Waals surface area contributed by atoms with Crippen LogP contribution >= 0.6 is 23.4 Å². The Labute approximate surface area is 195 Å². The molecule has 2 aromatic carbocycles. The highest BCUT2D eigenvalue weighted by atomic mass is 35.5. The molecule has 1 aromatic heterocycles. The fraction of sp³-hybridized carbons (Fsp3) is 0. The number of nitro groups is 1. The summed E-state index contributed by atoms with van der Waals surface area (Å²) in [4.78, 5) is 27.5. The van der Waals surface area contributed by atoms with Gasteiger partial charge in [-0.25, -0.2) is 0 Å². The normalized spacial score (nSPS) is 16.6. The first kappa shape index (κ1) is 20.9. The summed E-state index contributed by atoms with van der Waals surface area (Å²) < 4.78 is 5.72. The zero-order valence-corrected chi connectivity index (χ0v) is 18.1. The number of carbonyl (C=O) groups excluding carboxylic acids is 1. The molecule has 0 fully saturated rings. The lowest BCUT2D eigenvalue weighted by molar-refractivity contribution is -0.384. The van der Waals surface area contributed by atoms with Gasteiger partial charge in [0.05, 0.1) is 21.1 Å². The van der Waals surface area contributed by atoms with Crippen LogP contribution in [0.5, 0.6) is 0 Å². The minimum absolute atomic E-state index is 0.0213. The number of rotatable bonds is 4. The van der Waals surface area contributed by atoms with Crippen molar-refractivity contribution in [3.8, 4) is 11.3 Å². The van der Waals surface area contributed by atoms with Crippen molar-refractivity contribution in [2.45, 2.75) is 0 Å². The van der Waals surface area contributed by atoms with E-state index in [1.165, 1.54) is 17.2 Å². The molecule has 0 saturated heterocycles. The average Bonchev–Trinajstić information content (AvgIpc) is 3.44. The number of nitrogens with zero attached hydrogens (tertiary/aromatic N) is 4. The number of halogens is 1. The number of amides is 1. The van der Waals surface area contributed by atoms with E-state index in [9.17, 15) is 14.9 Å². The van der Waals surface area contributed by atoms with Crippen LogP contribution in [0.3, 0.4) is 0 Å². The number of hydrazone groups is 1. The largest absolute Gasteiger partial charge is 0.456 e. The predicted octanol–water partition coefficient (Wildman–Crippen LogP) is 5.18. The number of fused-ring (bicyclic) bond motifs is 1. The Bertz CT molecular complexity index is 1440. The number of nitrogens with one attached hydrogen (secondary N) is 1. The zero-order chi connectivity index (χ0) is 23.1. The summed E-state index contributed by atoms with van der Waals surface area (Å²) in [6.45, 7) is 0. The Kier molecular flexibility index (Phi) is 5.15. The van der Waals surface area contributed by atoms with Crippen LogP contribution in [-0.4, -0.2) is 31.9 Å². The summed E-state index contributed by atoms with van der Waals surface area (Å²) in [5, 5.41) is 26.7. The Morgan fingerprint density at radius 3 is 2.58 bits per heavy atom. The number of hydrogen-bond acceptors (Lipinski definition) is 7. The van der Waals surface area contributed by atoms with Crippen molar-refractivity contribution in [3.05, 3.63) is 92.7 Å². The minimum Gasteiger partial charge on any atom is -0.456 e. The van der Waals surface area contributed by atoms with Crippen molar-refractivity contribution in [2.75, 3.05) is 0 Å². The summed E-state index contributed by atoms with van der Waals surface area (Å²) in [7, 11) is 0. The lowest BCUT2D eigenvalue weighted by atomic mass is 10.1. The van der Waals surface area contributed by atoms with Crippen molar-refractivity contribution in [2.24, 2.45) is 10.1 Å². The van der Waals surface area contributed by atoms with Crippen LogP contribution in [-0.2, 0) is 4.79 Å². The summed E-state index contributed by atoms with van der Waals surface area (Å²) in [5.41, 5.74) is 0.860. The Morgan fingerprint density at radius 1 is 1.09 bits per heavy atom. The third-order valence-corrected chi connectivity index (χ3v) is 6.11. The number of furan rings is 1. The van der Waals surface area contributed by atoms with Gasteiger partial charge in [-0.05, 0) is 42.1 Å². The molecule has 1 amide bonds. The van der Waals surface area contributed by atoms with Crippen LogP contribution in [0.1, 0.15) is 11.3 Å². The highest BCUT2D eigenvalue weighted by Gasteiger charge is 2.36. The summed E-state index contributed by atoms with van der Waals surface area (Å²) in [5.74, 6) is -0.262. The molecule has 9 nitrogen and oxygen atoms in total. The second-order valence-corrected chi connectivity index (χ2v) is 8.24. The first-order chi connectivity index (χ1) is 15.9. The molecule has 33 heavy (non-hydrogen) atoms. The van der Waals surface area contributed by atoms with E-state index in [0.29, 0.717) is 21.2 Å². The van der Waals surface area contributed by atoms with Gasteiger partial charge < -0.3 is 4.42 Å². The predicted molar refractivity (Wildman–Crippen MR) is 126 cm³/mol. The SMILES string of the molecule is N=C1/C(=C\c2ccc(-c3ccccc3[N+](=O)[O-])o2)C(=O)N=C2SC(c3ccccc3Cl)=NN12. The Balaban J connectivity index is 1.47. The van der Waals surface area contributed by atoms with E-state index < -0.39 is 10.8 Å². The maximum atomic E-state index is 12.6. The van der Waals surface area contributed by atoms with Crippen LogP contribution in [0.15, 0.2) is 80.7 Å². The van der Waals surface area contributed by atoms with E-state index in [0.717, 1.165) is 11.8 Å². The van der Waals surface area contributed by atoms with E-state index in [4.69, 9.17) is 21.4 Å². The van der Waals surface area contributed by atoms with Crippen molar-refractivity contribution in [1.29, 1.82) is 5.41 Å². The van der Waals surface area contributed by atoms with Gasteiger partial charge in [0.1, 0.15) is 16.6 Å². The van der Waals surface area contributed by atoms with Gasteiger partial charge in [-0.3, -0.25) is 20.3 Å². The quantitative estimate of drug-likeness (QED) is 0.313. The van der Waals surface area contributed by atoms with Crippen molar-refractivity contribution >= 4 is 57.1 Å². The Morgan fingerprint density at radius 2 is 1.82 bits per heavy atom. The van der Waals surface area contributed by atoms with Gasteiger partial charge in [0.15, 0.2) is 5.84 Å². The summed E-state index contributed by atoms with van der Waals surface area (Å²) >= 11 is 7.40. The lowest BCUT2D eigenvalue weighted by Gasteiger charge is -2.19. The second kappa shape index (κ2) is 8.15. The highest BCUT2D eigenvalue weighted by Crippen LogP contribution is 2.34. The molecule has 3 heterocycles. The molecule has 0 spiro atoms. The number of hydrogen-bond donors (Lipinski definition) is 1. The van der Waals surface area contributed by atoms with Gasteiger partial charge in [0.2, 0.25) is 5.17 Å². The third kappa shape index (κ3) is 3.75. The molecule has 2 aliphatic heterocycles. The van der Waals surface area contributed by atoms with Gasteiger partial charge in [-0.1, -0.05) is 41.9 Å². The molecule has 1 N–H and O–H groups in total. The fourth-order valence-corrected chi connectivity index (χ4v) is 4.51. The second-order valence-electron chi connectivity index (χ2n) is 6.88. The topological polar surface area (TPSA) is 125 Å². The third-order valence-electron chi connectivity index (χ3n) is 4.84. The number of aliphatic imine (C=N–C) groups is 1. The standard InChI is InChI=1S/C22H12ClN5O4S/c23-16-7-3-1-5-13(16)21-26-27-19(24)15(20(29)25-22(27)33-21)11-12-9-10-18(32-12)14-6-2-4-8-17(14)28(30)31/h1-11,24H/b15-11+,24-19?. The number of benzene rings is 2. The highest BCUT2D eigenvalue weighted by molar-refractivity contribution is 8.27. The first-order valence-electron chi connectivity index (χ1n) is 9.51. The molecule has 0 bridgehead atoms. The van der Waals surface area contributed by atoms with Gasteiger partial charge in [0, 0.05) is 11.6 Å².